The summed E-state index contributed by atoms with van der Waals surface area (Å²) in [5, 5.41) is 1.89. The molecule has 1 aromatic heterocycles. The Hall–Kier alpha value is -2.21. The van der Waals surface area contributed by atoms with Crippen molar-refractivity contribution in [2.24, 2.45) is 0 Å². The summed E-state index contributed by atoms with van der Waals surface area (Å²) in [4.78, 5) is 28.3. The van der Waals surface area contributed by atoms with Crippen LogP contribution < -0.4 is 4.90 Å². The fourth-order valence-electron chi connectivity index (χ4n) is 2.99. The Labute approximate surface area is 144 Å². The zero-order chi connectivity index (χ0) is 17.3. The topological polar surface area (TPSA) is 40.6 Å². The highest BCUT2D eigenvalue weighted by Crippen LogP contribution is 2.25. The third-order valence-electron chi connectivity index (χ3n) is 4.31. The number of Topliss-reactive ketones (excluding diaryl/α,β-unsaturated/α-hetero) is 1. The third-order valence-corrected chi connectivity index (χ3v) is 5.17. The van der Waals surface area contributed by atoms with Crippen LogP contribution in [0.3, 0.4) is 0 Å². The molecule has 0 spiro atoms. The van der Waals surface area contributed by atoms with Gasteiger partial charge >= 0.3 is 0 Å². The SMILES string of the molecule is CC(=O)c1cc(F)c(N2CCN(C(=O)c3cccs3)CC2)cc1C. The quantitative estimate of drug-likeness (QED) is 0.800. The molecular weight excluding hydrogens is 327 g/mol. The van der Waals surface area contributed by atoms with Gasteiger partial charge in [-0.1, -0.05) is 6.07 Å². The lowest BCUT2D eigenvalue weighted by Crippen LogP contribution is -2.49. The third kappa shape index (κ3) is 3.19. The second kappa shape index (κ2) is 6.73. The van der Waals surface area contributed by atoms with Crippen LogP contribution in [0, 0.1) is 12.7 Å². The second-order valence-corrected chi connectivity index (χ2v) is 6.88. The highest BCUT2D eigenvalue weighted by atomic mass is 32.1. The van der Waals surface area contributed by atoms with Crippen molar-refractivity contribution in [3.63, 3.8) is 0 Å². The molecule has 0 N–H and O–H groups in total. The zero-order valence-electron chi connectivity index (χ0n) is 13.7. The van der Waals surface area contributed by atoms with Crippen molar-refractivity contribution in [2.75, 3.05) is 31.1 Å². The Morgan fingerprint density at radius 1 is 1.17 bits per heavy atom. The largest absolute Gasteiger partial charge is 0.366 e. The van der Waals surface area contributed by atoms with Crippen LogP contribution in [-0.4, -0.2) is 42.8 Å². The zero-order valence-corrected chi connectivity index (χ0v) is 14.5. The molecule has 1 saturated heterocycles. The fourth-order valence-corrected chi connectivity index (χ4v) is 3.69. The minimum Gasteiger partial charge on any atom is -0.366 e. The first-order valence-electron chi connectivity index (χ1n) is 7.86. The average Bonchev–Trinajstić information content (AvgIpc) is 3.10. The van der Waals surface area contributed by atoms with Gasteiger partial charge in [-0.3, -0.25) is 9.59 Å². The molecule has 2 aromatic rings. The van der Waals surface area contributed by atoms with Crippen LogP contribution in [0.25, 0.3) is 0 Å². The molecule has 0 atom stereocenters. The van der Waals surface area contributed by atoms with Gasteiger partial charge in [0.1, 0.15) is 5.82 Å². The van der Waals surface area contributed by atoms with Crippen LogP contribution in [0.1, 0.15) is 32.5 Å². The van der Waals surface area contributed by atoms with E-state index in [1.165, 1.54) is 24.3 Å². The van der Waals surface area contributed by atoms with Crippen LogP contribution in [-0.2, 0) is 0 Å². The molecule has 1 aliphatic heterocycles. The molecule has 0 unspecified atom stereocenters. The van der Waals surface area contributed by atoms with Crippen molar-refractivity contribution in [1.82, 2.24) is 4.90 Å². The predicted octanol–water partition coefficient (Wildman–Crippen LogP) is 3.36. The van der Waals surface area contributed by atoms with Crippen LogP contribution in [0.4, 0.5) is 10.1 Å². The first-order valence-corrected chi connectivity index (χ1v) is 8.74. The van der Waals surface area contributed by atoms with Crippen molar-refractivity contribution in [3.8, 4) is 0 Å². The van der Waals surface area contributed by atoms with Crippen LogP contribution >= 0.6 is 11.3 Å². The lowest BCUT2D eigenvalue weighted by Gasteiger charge is -2.36. The Kier molecular flexibility index (Phi) is 4.66. The number of hydrogen-bond acceptors (Lipinski definition) is 4. The van der Waals surface area contributed by atoms with E-state index in [0.29, 0.717) is 37.4 Å². The lowest BCUT2D eigenvalue weighted by atomic mass is 10.0. The summed E-state index contributed by atoms with van der Waals surface area (Å²) in [7, 11) is 0. The highest BCUT2D eigenvalue weighted by molar-refractivity contribution is 7.12. The molecule has 1 aliphatic rings. The number of carbonyl (C=O) groups excluding carboxylic acids is 2. The van der Waals surface area contributed by atoms with E-state index in [4.69, 9.17) is 0 Å². The van der Waals surface area contributed by atoms with Gasteiger partial charge in [0, 0.05) is 31.7 Å². The number of halogens is 1. The summed E-state index contributed by atoms with van der Waals surface area (Å²) in [6.07, 6.45) is 0. The number of rotatable bonds is 3. The van der Waals surface area contributed by atoms with E-state index >= 15 is 0 Å². The minimum absolute atomic E-state index is 0.0354. The summed E-state index contributed by atoms with van der Waals surface area (Å²) in [5.41, 5.74) is 1.69. The summed E-state index contributed by atoms with van der Waals surface area (Å²) in [6.45, 7) is 5.53. The maximum atomic E-state index is 14.4. The molecule has 0 radical (unpaired) electrons. The molecule has 2 heterocycles. The molecule has 1 aromatic carbocycles. The van der Waals surface area contributed by atoms with Gasteiger partial charge in [0.05, 0.1) is 10.6 Å². The Morgan fingerprint density at radius 2 is 1.88 bits per heavy atom. The average molecular weight is 346 g/mol. The van der Waals surface area contributed by atoms with Gasteiger partial charge in [0.2, 0.25) is 0 Å². The van der Waals surface area contributed by atoms with Gasteiger partial charge in [0.15, 0.2) is 5.78 Å². The monoisotopic (exact) mass is 346 g/mol. The molecular formula is C18H19FN2O2S. The molecule has 0 aliphatic carbocycles. The van der Waals surface area contributed by atoms with E-state index in [9.17, 15) is 14.0 Å². The van der Waals surface area contributed by atoms with Crippen LogP contribution in [0.15, 0.2) is 29.6 Å². The van der Waals surface area contributed by atoms with Crippen molar-refractivity contribution in [3.05, 3.63) is 51.5 Å². The lowest BCUT2D eigenvalue weighted by molar-refractivity contribution is 0.0751. The summed E-state index contributed by atoms with van der Waals surface area (Å²) >= 11 is 1.43. The van der Waals surface area contributed by atoms with Gasteiger partial charge in [-0.25, -0.2) is 4.39 Å². The number of hydrogen-bond donors (Lipinski definition) is 0. The van der Waals surface area contributed by atoms with Gasteiger partial charge < -0.3 is 9.80 Å². The van der Waals surface area contributed by atoms with Gasteiger partial charge in [-0.15, -0.1) is 11.3 Å². The summed E-state index contributed by atoms with van der Waals surface area (Å²) in [6, 6.07) is 6.73. The number of aryl methyl sites for hydroxylation is 1. The molecule has 0 bridgehead atoms. The molecule has 1 amide bonds. The number of anilines is 1. The van der Waals surface area contributed by atoms with Crippen molar-refractivity contribution in [1.29, 1.82) is 0 Å². The van der Waals surface area contributed by atoms with Crippen molar-refractivity contribution in [2.45, 2.75) is 13.8 Å². The molecule has 1 fully saturated rings. The Balaban J connectivity index is 1.72. The van der Waals surface area contributed by atoms with E-state index < -0.39 is 0 Å². The molecule has 126 valence electrons. The van der Waals surface area contributed by atoms with E-state index in [1.807, 2.05) is 29.3 Å². The maximum absolute atomic E-state index is 14.4. The number of benzene rings is 1. The number of nitrogens with zero attached hydrogens (tertiary/aromatic N) is 2. The van der Waals surface area contributed by atoms with Crippen molar-refractivity contribution >= 4 is 28.7 Å². The van der Waals surface area contributed by atoms with Gasteiger partial charge in [-0.2, -0.15) is 0 Å². The maximum Gasteiger partial charge on any atom is 0.264 e. The standard InChI is InChI=1S/C18H19FN2O2S/c1-12-10-16(15(19)11-14(12)13(2)22)20-5-7-21(8-6-20)18(23)17-4-3-9-24-17/h3-4,9-11H,5-8H2,1-2H3. The molecule has 4 nitrogen and oxygen atoms in total. The Bertz CT molecular complexity index is 766. The molecule has 24 heavy (non-hydrogen) atoms. The van der Waals surface area contributed by atoms with E-state index in [-0.39, 0.29) is 17.5 Å². The predicted molar refractivity (Wildman–Crippen MR) is 93.6 cm³/mol. The minimum atomic E-state index is -0.385. The summed E-state index contributed by atoms with van der Waals surface area (Å²) < 4.78 is 14.4. The van der Waals surface area contributed by atoms with E-state index in [1.54, 1.807) is 11.0 Å². The first-order chi connectivity index (χ1) is 11.5. The fraction of sp³-hybridized carbons (Fsp3) is 0.333. The normalized spacial score (nSPS) is 14.8. The summed E-state index contributed by atoms with van der Waals surface area (Å²) in [5.74, 6) is -0.485. The molecule has 0 saturated carbocycles. The van der Waals surface area contributed by atoms with E-state index in [2.05, 4.69) is 0 Å². The molecule has 3 rings (SSSR count). The Morgan fingerprint density at radius 3 is 2.46 bits per heavy atom. The van der Waals surface area contributed by atoms with Crippen LogP contribution in [0.2, 0.25) is 0 Å². The van der Waals surface area contributed by atoms with Crippen LogP contribution in [0.5, 0.6) is 0 Å². The van der Waals surface area contributed by atoms with Gasteiger partial charge in [0.25, 0.3) is 5.91 Å². The number of piperazine rings is 1. The number of carbonyl (C=O) groups is 2. The van der Waals surface area contributed by atoms with Gasteiger partial charge in [-0.05, 0) is 43.0 Å². The van der Waals surface area contributed by atoms with E-state index in [0.717, 1.165) is 10.4 Å². The first kappa shape index (κ1) is 16.6. The number of amides is 1. The number of ketones is 1. The molecule has 6 heteroatoms. The second-order valence-electron chi connectivity index (χ2n) is 5.93. The highest BCUT2D eigenvalue weighted by Gasteiger charge is 2.24. The number of thiophene rings is 1. The van der Waals surface area contributed by atoms with Crippen molar-refractivity contribution < 1.29 is 14.0 Å². The smallest absolute Gasteiger partial charge is 0.264 e.